The van der Waals surface area contributed by atoms with E-state index in [9.17, 15) is 8.78 Å². The molecule has 3 nitrogen and oxygen atoms in total. The van der Waals surface area contributed by atoms with Gasteiger partial charge in [-0.2, -0.15) is 0 Å². The summed E-state index contributed by atoms with van der Waals surface area (Å²) in [5.74, 6) is -1.46. The van der Waals surface area contributed by atoms with E-state index in [-0.39, 0.29) is 12.4 Å². The van der Waals surface area contributed by atoms with Gasteiger partial charge in [0.15, 0.2) is 11.6 Å². The lowest BCUT2D eigenvalue weighted by molar-refractivity contribution is 0.289. The van der Waals surface area contributed by atoms with E-state index in [0.29, 0.717) is 5.46 Å². The summed E-state index contributed by atoms with van der Waals surface area (Å²) >= 11 is 0. The van der Waals surface area contributed by atoms with Crippen molar-refractivity contribution in [3.05, 3.63) is 59.7 Å². The van der Waals surface area contributed by atoms with E-state index in [1.807, 2.05) is 0 Å². The van der Waals surface area contributed by atoms with Crippen LogP contribution in [0.2, 0.25) is 0 Å². The third kappa shape index (κ3) is 3.53. The molecule has 0 saturated heterocycles. The van der Waals surface area contributed by atoms with Crippen LogP contribution in [0.1, 0.15) is 5.56 Å². The molecule has 0 aliphatic rings. The maximum Gasteiger partial charge on any atom is 0.488 e. The molecule has 0 unspecified atom stereocenters. The van der Waals surface area contributed by atoms with Crippen molar-refractivity contribution in [1.29, 1.82) is 0 Å². The lowest BCUT2D eigenvalue weighted by Crippen LogP contribution is -2.29. The maximum atomic E-state index is 13.3. The molecule has 0 fully saturated rings. The Morgan fingerprint density at radius 2 is 1.68 bits per heavy atom. The monoisotopic (exact) mass is 264 g/mol. The van der Waals surface area contributed by atoms with Gasteiger partial charge in [-0.25, -0.2) is 8.78 Å². The highest BCUT2D eigenvalue weighted by atomic mass is 19.1. The molecule has 0 aromatic heterocycles. The number of halogens is 2. The van der Waals surface area contributed by atoms with Gasteiger partial charge in [0.2, 0.25) is 0 Å². The molecule has 19 heavy (non-hydrogen) atoms. The summed E-state index contributed by atoms with van der Waals surface area (Å²) in [6.07, 6.45) is 0. The molecule has 0 radical (unpaired) electrons. The molecule has 98 valence electrons. The molecule has 6 heteroatoms. The van der Waals surface area contributed by atoms with Gasteiger partial charge in [-0.3, -0.25) is 0 Å². The van der Waals surface area contributed by atoms with Crippen LogP contribution in [-0.2, 0) is 6.61 Å². The van der Waals surface area contributed by atoms with E-state index < -0.39 is 18.8 Å². The standard InChI is InChI=1S/C13H11BF2O3/c15-11-5-6-13(12(16)7-11)19-8-9-1-3-10(4-2-9)14(17)18/h1-7,17-18H,8H2. The molecular weight excluding hydrogens is 253 g/mol. The first-order valence-electron chi connectivity index (χ1n) is 5.59. The summed E-state index contributed by atoms with van der Waals surface area (Å²) in [4.78, 5) is 0. The van der Waals surface area contributed by atoms with Crippen molar-refractivity contribution >= 4 is 12.6 Å². The van der Waals surface area contributed by atoms with Crippen molar-refractivity contribution < 1.29 is 23.6 Å². The Labute approximate surface area is 109 Å². The lowest BCUT2D eigenvalue weighted by Gasteiger charge is -2.08. The van der Waals surface area contributed by atoms with Crippen molar-refractivity contribution in [2.45, 2.75) is 6.61 Å². The molecule has 0 heterocycles. The van der Waals surface area contributed by atoms with Gasteiger partial charge in [-0.1, -0.05) is 24.3 Å². The zero-order chi connectivity index (χ0) is 13.8. The van der Waals surface area contributed by atoms with Gasteiger partial charge in [0, 0.05) is 6.07 Å². The molecular formula is C13H11BF2O3. The predicted molar refractivity (Wildman–Crippen MR) is 67.0 cm³/mol. The minimum Gasteiger partial charge on any atom is -0.486 e. The molecule has 2 aromatic rings. The van der Waals surface area contributed by atoms with Gasteiger partial charge in [0.25, 0.3) is 0 Å². The smallest absolute Gasteiger partial charge is 0.486 e. The number of benzene rings is 2. The van der Waals surface area contributed by atoms with Crippen molar-refractivity contribution in [1.82, 2.24) is 0 Å². The lowest BCUT2D eigenvalue weighted by atomic mass is 9.80. The molecule has 2 rings (SSSR count). The van der Waals surface area contributed by atoms with Crippen LogP contribution in [0, 0.1) is 11.6 Å². The van der Waals surface area contributed by atoms with E-state index in [4.69, 9.17) is 14.8 Å². The van der Waals surface area contributed by atoms with Crippen LogP contribution in [0.3, 0.4) is 0 Å². The van der Waals surface area contributed by atoms with E-state index in [1.165, 1.54) is 18.2 Å². The van der Waals surface area contributed by atoms with Gasteiger partial charge >= 0.3 is 7.12 Å². The van der Waals surface area contributed by atoms with E-state index in [0.717, 1.165) is 17.7 Å². The third-order valence-electron chi connectivity index (χ3n) is 2.57. The maximum absolute atomic E-state index is 13.3. The second-order valence-corrected chi connectivity index (χ2v) is 3.98. The second-order valence-electron chi connectivity index (χ2n) is 3.98. The first-order chi connectivity index (χ1) is 9.06. The molecule has 0 bridgehead atoms. The first kappa shape index (κ1) is 13.5. The molecule has 0 atom stereocenters. The van der Waals surface area contributed by atoms with Gasteiger partial charge in [0.05, 0.1) is 0 Å². The van der Waals surface area contributed by atoms with Crippen LogP contribution in [0.4, 0.5) is 8.78 Å². The average molecular weight is 264 g/mol. The van der Waals surface area contributed by atoms with Crippen molar-refractivity contribution in [3.8, 4) is 5.75 Å². The summed E-state index contributed by atoms with van der Waals surface area (Å²) in [5, 5.41) is 17.8. The van der Waals surface area contributed by atoms with Gasteiger partial charge < -0.3 is 14.8 Å². The number of rotatable bonds is 4. The summed E-state index contributed by atoms with van der Waals surface area (Å²) in [5.41, 5.74) is 1.09. The number of hydrogen-bond donors (Lipinski definition) is 2. The highest BCUT2D eigenvalue weighted by Crippen LogP contribution is 2.18. The molecule has 0 saturated carbocycles. The van der Waals surface area contributed by atoms with Gasteiger partial charge in [-0.15, -0.1) is 0 Å². The van der Waals surface area contributed by atoms with E-state index in [1.54, 1.807) is 12.1 Å². The molecule has 0 amide bonds. The normalized spacial score (nSPS) is 10.3. The molecule has 2 N–H and O–H groups in total. The second kappa shape index (κ2) is 5.82. The Balaban J connectivity index is 2.02. The third-order valence-corrected chi connectivity index (χ3v) is 2.57. The molecule has 0 aliphatic carbocycles. The van der Waals surface area contributed by atoms with Gasteiger partial charge in [0.1, 0.15) is 12.4 Å². The molecule has 0 aliphatic heterocycles. The fourth-order valence-electron chi connectivity index (χ4n) is 1.54. The van der Waals surface area contributed by atoms with Crippen LogP contribution in [-0.4, -0.2) is 17.2 Å². The average Bonchev–Trinajstić information content (AvgIpc) is 2.38. The Bertz CT molecular complexity index is 558. The summed E-state index contributed by atoms with van der Waals surface area (Å²) < 4.78 is 31.2. The molecule has 0 spiro atoms. The topological polar surface area (TPSA) is 49.7 Å². The van der Waals surface area contributed by atoms with Crippen LogP contribution in [0.15, 0.2) is 42.5 Å². The van der Waals surface area contributed by atoms with Crippen molar-refractivity contribution in [2.24, 2.45) is 0 Å². The highest BCUT2D eigenvalue weighted by Gasteiger charge is 2.10. The summed E-state index contributed by atoms with van der Waals surface area (Å²) in [6, 6.07) is 9.42. The SMILES string of the molecule is OB(O)c1ccc(COc2ccc(F)cc2F)cc1. The van der Waals surface area contributed by atoms with Crippen LogP contribution in [0.25, 0.3) is 0 Å². The Kier molecular flexibility index (Phi) is 4.14. The van der Waals surface area contributed by atoms with Crippen LogP contribution in [0.5, 0.6) is 5.75 Å². The van der Waals surface area contributed by atoms with E-state index >= 15 is 0 Å². The number of hydrogen-bond acceptors (Lipinski definition) is 3. The van der Waals surface area contributed by atoms with Crippen molar-refractivity contribution in [3.63, 3.8) is 0 Å². The van der Waals surface area contributed by atoms with Crippen LogP contribution >= 0.6 is 0 Å². The summed E-state index contributed by atoms with van der Waals surface area (Å²) in [7, 11) is -1.52. The van der Waals surface area contributed by atoms with Crippen molar-refractivity contribution in [2.75, 3.05) is 0 Å². The van der Waals surface area contributed by atoms with Gasteiger partial charge in [-0.05, 0) is 23.2 Å². The quantitative estimate of drug-likeness (QED) is 0.816. The van der Waals surface area contributed by atoms with E-state index in [2.05, 4.69) is 0 Å². The Morgan fingerprint density at radius 3 is 2.26 bits per heavy atom. The minimum absolute atomic E-state index is 0.0346. The minimum atomic E-state index is -1.52. The predicted octanol–water partition coefficient (Wildman–Crippen LogP) is 1.22. The highest BCUT2D eigenvalue weighted by molar-refractivity contribution is 6.58. The van der Waals surface area contributed by atoms with Crippen LogP contribution < -0.4 is 10.2 Å². The molecule has 2 aromatic carbocycles. The largest absolute Gasteiger partial charge is 0.488 e. The Morgan fingerprint density at radius 1 is 1.00 bits per heavy atom. The first-order valence-corrected chi connectivity index (χ1v) is 5.59. The fourth-order valence-corrected chi connectivity index (χ4v) is 1.54. The number of ether oxygens (including phenoxy) is 1. The zero-order valence-corrected chi connectivity index (χ0v) is 9.88. The summed E-state index contributed by atoms with van der Waals surface area (Å²) in [6.45, 7) is 0.102. The fraction of sp³-hybridized carbons (Fsp3) is 0.0769. The Hall–Kier alpha value is -1.92. The zero-order valence-electron chi connectivity index (χ0n) is 9.88.